The van der Waals surface area contributed by atoms with E-state index in [0.29, 0.717) is 0 Å². The molecule has 19 heavy (non-hydrogen) atoms. The summed E-state index contributed by atoms with van der Waals surface area (Å²) in [6, 6.07) is 4.57. The van der Waals surface area contributed by atoms with Crippen molar-refractivity contribution < 1.29 is 17.9 Å². The van der Waals surface area contributed by atoms with Gasteiger partial charge in [-0.25, -0.2) is 17.5 Å². The van der Waals surface area contributed by atoms with Crippen LogP contribution in [0.2, 0.25) is 0 Å². The van der Waals surface area contributed by atoms with Crippen LogP contribution in [-0.4, -0.2) is 26.2 Å². The molecular weight excluding hydrogens is 269 g/mol. The van der Waals surface area contributed by atoms with Gasteiger partial charge < -0.3 is 5.11 Å². The summed E-state index contributed by atoms with van der Waals surface area (Å²) in [6.45, 7) is 3.86. The smallest absolute Gasteiger partial charge is 0.240 e. The van der Waals surface area contributed by atoms with E-state index in [1.807, 2.05) is 13.8 Å². The number of hydrogen-bond acceptors (Lipinski definition) is 3. The maximum atomic E-state index is 12.7. The van der Waals surface area contributed by atoms with Crippen molar-refractivity contribution in [3.8, 4) is 0 Å². The van der Waals surface area contributed by atoms with E-state index in [1.165, 1.54) is 12.1 Å². The summed E-state index contributed by atoms with van der Waals surface area (Å²) in [5, 5.41) is 9.88. The number of aliphatic hydroxyl groups is 1. The van der Waals surface area contributed by atoms with Gasteiger partial charge in [0.15, 0.2) is 0 Å². The molecule has 0 saturated heterocycles. The number of aliphatic hydroxyl groups excluding tert-OH is 1. The lowest BCUT2D eigenvalue weighted by Crippen LogP contribution is -2.36. The first-order valence-electron chi connectivity index (χ1n) is 6.34. The van der Waals surface area contributed by atoms with Crippen molar-refractivity contribution in [2.45, 2.75) is 37.7 Å². The van der Waals surface area contributed by atoms with Gasteiger partial charge >= 0.3 is 0 Å². The molecule has 0 amide bonds. The Hall–Kier alpha value is -0.980. The van der Waals surface area contributed by atoms with E-state index in [-0.39, 0.29) is 17.4 Å². The number of sulfonamides is 1. The van der Waals surface area contributed by atoms with Gasteiger partial charge in [-0.3, -0.25) is 0 Å². The van der Waals surface area contributed by atoms with E-state index in [1.54, 1.807) is 0 Å². The Balaban J connectivity index is 2.68. The number of benzene rings is 1. The van der Waals surface area contributed by atoms with Crippen LogP contribution in [0.25, 0.3) is 0 Å². The van der Waals surface area contributed by atoms with Crippen molar-refractivity contribution in [3.63, 3.8) is 0 Å². The normalized spacial score (nSPS) is 13.7. The fourth-order valence-corrected chi connectivity index (χ4v) is 2.94. The van der Waals surface area contributed by atoms with Crippen molar-refractivity contribution in [2.24, 2.45) is 5.92 Å². The molecule has 0 bridgehead atoms. The summed E-state index contributed by atoms with van der Waals surface area (Å²) in [5.74, 6) is -0.424. The minimum atomic E-state index is -3.70. The summed E-state index contributed by atoms with van der Waals surface area (Å²) in [4.78, 5) is -0.00866. The zero-order chi connectivity index (χ0) is 14.5. The van der Waals surface area contributed by atoms with Crippen molar-refractivity contribution in [3.05, 3.63) is 30.1 Å². The van der Waals surface area contributed by atoms with E-state index in [0.717, 1.165) is 25.0 Å². The molecule has 6 heteroatoms. The number of nitrogens with one attached hydrogen (secondary N) is 1. The molecule has 4 nitrogen and oxygen atoms in total. The predicted octanol–water partition coefficient (Wildman–Crippen LogP) is 1.90. The molecule has 2 N–H and O–H groups in total. The Morgan fingerprint density at radius 2 is 1.74 bits per heavy atom. The first-order valence-corrected chi connectivity index (χ1v) is 7.82. The molecule has 1 aromatic rings. The van der Waals surface area contributed by atoms with Gasteiger partial charge in [0.05, 0.1) is 11.0 Å². The second-order valence-corrected chi connectivity index (χ2v) is 6.22. The molecule has 0 radical (unpaired) electrons. The maximum absolute atomic E-state index is 12.7. The van der Waals surface area contributed by atoms with Crippen LogP contribution in [0.3, 0.4) is 0 Å². The fourth-order valence-electron chi connectivity index (χ4n) is 1.89. The minimum Gasteiger partial charge on any atom is -0.391 e. The Morgan fingerprint density at radius 1 is 1.21 bits per heavy atom. The van der Waals surface area contributed by atoms with Crippen LogP contribution >= 0.6 is 0 Å². The third-order valence-electron chi connectivity index (χ3n) is 3.20. The third kappa shape index (κ3) is 4.56. The molecule has 0 saturated carbocycles. The molecule has 0 aromatic heterocycles. The van der Waals surface area contributed by atoms with E-state index < -0.39 is 21.9 Å². The highest BCUT2D eigenvalue weighted by Crippen LogP contribution is 2.14. The molecule has 0 heterocycles. The molecule has 108 valence electrons. The largest absolute Gasteiger partial charge is 0.391 e. The van der Waals surface area contributed by atoms with Crippen LogP contribution in [0.15, 0.2) is 29.2 Å². The van der Waals surface area contributed by atoms with Crippen LogP contribution in [-0.2, 0) is 10.0 Å². The van der Waals surface area contributed by atoms with E-state index in [4.69, 9.17) is 0 Å². The Labute approximate surface area is 113 Å². The van der Waals surface area contributed by atoms with Gasteiger partial charge in [0, 0.05) is 6.54 Å². The first kappa shape index (κ1) is 16.1. The molecule has 1 atom stereocenters. The summed E-state index contributed by atoms with van der Waals surface area (Å²) in [6.07, 6.45) is 0.858. The summed E-state index contributed by atoms with van der Waals surface area (Å²) >= 11 is 0. The van der Waals surface area contributed by atoms with Crippen molar-refractivity contribution in [1.82, 2.24) is 4.72 Å². The Kier molecular flexibility index (Phi) is 5.90. The van der Waals surface area contributed by atoms with Gasteiger partial charge in [-0.05, 0) is 30.2 Å². The lowest BCUT2D eigenvalue weighted by atomic mass is 9.97. The highest BCUT2D eigenvalue weighted by atomic mass is 32.2. The highest BCUT2D eigenvalue weighted by molar-refractivity contribution is 7.89. The second kappa shape index (κ2) is 6.98. The standard InChI is InChI=1S/C13H20FNO3S/c1-3-10(4-2)13(16)9-15-19(17,18)12-7-5-11(14)6-8-12/h5-8,10,13,15-16H,3-4,9H2,1-2H3. The third-order valence-corrected chi connectivity index (χ3v) is 4.64. The number of halogens is 1. The fraction of sp³-hybridized carbons (Fsp3) is 0.538. The van der Waals surface area contributed by atoms with Crippen LogP contribution < -0.4 is 4.72 Å². The van der Waals surface area contributed by atoms with Gasteiger partial charge in [0.25, 0.3) is 0 Å². The van der Waals surface area contributed by atoms with Crippen LogP contribution in [0.4, 0.5) is 4.39 Å². The quantitative estimate of drug-likeness (QED) is 0.805. The molecule has 1 unspecified atom stereocenters. The summed E-state index contributed by atoms with van der Waals surface area (Å²) in [5.41, 5.74) is 0. The highest BCUT2D eigenvalue weighted by Gasteiger charge is 2.20. The van der Waals surface area contributed by atoms with Gasteiger partial charge in [0.1, 0.15) is 5.82 Å². The van der Waals surface area contributed by atoms with Crippen molar-refractivity contribution >= 4 is 10.0 Å². The molecule has 1 rings (SSSR count). The predicted molar refractivity (Wildman–Crippen MR) is 71.7 cm³/mol. The molecule has 0 spiro atoms. The number of rotatable bonds is 7. The average Bonchev–Trinajstić information content (AvgIpc) is 2.38. The van der Waals surface area contributed by atoms with Crippen molar-refractivity contribution in [2.75, 3.05) is 6.54 Å². The zero-order valence-corrected chi connectivity index (χ0v) is 12.0. The zero-order valence-electron chi connectivity index (χ0n) is 11.1. The van der Waals surface area contributed by atoms with E-state index in [9.17, 15) is 17.9 Å². The van der Waals surface area contributed by atoms with Gasteiger partial charge in [-0.2, -0.15) is 0 Å². The molecule has 0 aliphatic rings. The molecule has 1 aromatic carbocycles. The summed E-state index contributed by atoms with van der Waals surface area (Å²) in [7, 11) is -3.70. The number of hydrogen-bond donors (Lipinski definition) is 2. The van der Waals surface area contributed by atoms with Gasteiger partial charge in [-0.15, -0.1) is 0 Å². The molecule has 0 fully saturated rings. The monoisotopic (exact) mass is 289 g/mol. The second-order valence-electron chi connectivity index (χ2n) is 4.45. The molecule has 0 aliphatic carbocycles. The van der Waals surface area contributed by atoms with Gasteiger partial charge in [0.2, 0.25) is 10.0 Å². The van der Waals surface area contributed by atoms with E-state index >= 15 is 0 Å². The Bertz CT molecular complexity index is 483. The van der Waals surface area contributed by atoms with Crippen LogP contribution in [0.5, 0.6) is 0 Å². The summed E-state index contributed by atoms with van der Waals surface area (Å²) < 4.78 is 38.9. The lowest BCUT2D eigenvalue weighted by molar-refractivity contribution is 0.107. The lowest BCUT2D eigenvalue weighted by Gasteiger charge is -2.20. The van der Waals surface area contributed by atoms with Crippen LogP contribution in [0, 0.1) is 11.7 Å². The molecule has 0 aliphatic heterocycles. The molecular formula is C13H20FNO3S. The maximum Gasteiger partial charge on any atom is 0.240 e. The van der Waals surface area contributed by atoms with E-state index in [2.05, 4.69) is 4.72 Å². The van der Waals surface area contributed by atoms with Crippen LogP contribution in [0.1, 0.15) is 26.7 Å². The van der Waals surface area contributed by atoms with Crippen molar-refractivity contribution in [1.29, 1.82) is 0 Å². The first-order chi connectivity index (χ1) is 8.90. The topological polar surface area (TPSA) is 66.4 Å². The Morgan fingerprint density at radius 3 is 2.21 bits per heavy atom. The minimum absolute atomic E-state index is 0.00866. The average molecular weight is 289 g/mol. The SMILES string of the molecule is CCC(CC)C(O)CNS(=O)(=O)c1ccc(F)cc1. The van der Waals surface area contributed by atoms with Gasteiger partial charge in [-0.1, -0.05) is 26.7 Å².